The summed E-state index contributed by atoms with van der Waals surface area (Å²) in [5.41, 5.74) is -1.11. The molecule has 1 aliphatic heterocycles. The van der Waals surface area contributed by atoms with Crippen molar-refractivity contribution in [1.82, 2.24) is 0 Å². The number of hydrogen-bond donors (Lipinski definition) is 1. The number of fused-ring (bicyclic) bond motifs is 1. The number of anilines is 1. The van der Waals surface area contributed by atoms with Gasteiger partial charge in [-0.2, -0.15) is 13.2 Å². The molecule has 186 valence electrons. The maximum Gasteiger partial charge on any atom is 0.416 e. The molecular weight excluding hydrogens is 493 g/mol. The maximum absolute atomic E-state index is 14.4. The molecule has 3 aromatic carbocycles. The maximum atomic E-state index is 14.4. The van der Waals surface area contributed by atoms with Gasteiger partial charge in [-0.25, -0.2) is 17.2 Å². The third-order valence-corrected chi connectivity index (χ3v) is 7.36. The Bertz CT molecular complexity index is 1340. The fourth-order valence-corrected chi connectivity index (χ4v) is 5.41. The second-order valence-corrected chi connectivity index (χ2v) is 9.81. The van der Waals surface area contributed by atoms with Gasteiger partial charge < -0.3 is 9.84 Å². The number of rotatable bonds is 6. The van der Waals surface area contributed by atoms with Gasteiger partial charge in [0.2, 0.25) is 0 Å². The zero-order valence-electron chi connectivity index (χ0n) is 18.1. The molecule has 4 rings (SSSR count). The van der Waals surface area contributed by atoms with Crippen LogP contribution in [0.4, 0.5) is 27.6 Å². The van der Waals surface area contributed by atoms with E-state index in [1.807, 2.05) is 0 Å². The van der Waals surface area contributed by atoms with Crippen LogP contribution in [0.15, 0.2) is 65.6 Å². The predicted octanol–water partition coefficient (Wildman–Crippen LogP) is 5.38. The van der Waals surface area contributed by atoms with Crippen molar-refractivity contribution < 1.29 is 40.2 Å². The van der Waals surface area contributed by atoms with Crippen molar-refractivity contribution in [2.45, 2.75) is 30.0 Å². The van der Waals surface area contributed by atoms with Gasteiger partial charge in [0.15, 0.2) is 11.6 Å². The first-order valence-corrected chi connectivity index (χ1v) is 12.0. The number of alkyl halides is 3. The highest BCUT2D eigenvalue weighted by Crippen LogP contribution is 2.41. The molecule has 1 atom stereocenters. The first-order valence-electron chi connectivity index (χ1n) is 10.6. The first kappa shape index (κ1) is 24.9. The van der Waals surface area contributed by atoms with Crippen LogP contribution >= 0.6 is 0 Å². The fraction of sp³-hybridized carbons (Fsp3) is 0.250. The molecule has 0 amide bonds. The highest BCUT2D eigenvalue weighted by atomic mass is 32.2. The molecule has 5 nitrogen and oxygen atoms in total. The van der Waals surface area contributed by atoms with E-state index >= 15 is 0 Å². The van der Waals surface area contributed by atoms with E-state index in [1.165, 1.54) is 30.3 Å². The number of aliphatic hydroxyl groups excluding tert-OH is 1. The van der Waals surface area contributed by atoms with E-state index in [-0.39, 0.29) is 42.1 Å². The van der Waals surface area contributed by atoms with Crippen LogP contribution in [0.2, 0.25) is 0 Å². The van der Waals surface area contributed by atoms with Crippen molar-refractivity contribution in [1.29, 1.82) is 0 Å². The van der Waals surface area contributed by atoms with Gasteiger partial charge in [0.25, 0.3) is 10.0 Å². The molecule has 11 heteroatoms. The van der Waals surface area contributed by atoms with Gasteiger partial charge in [-0.3, -0.25) is 4.31 Å². The summed E-state index contributed by atoms with van der Waals surface area (Å²) in [6.45, 7) is -0.411. The highest BCUT2D eigenvalue weighted by molar-refractivity contribution is 7.92. The average Bonchev–Trinajstić information content (AvgIpc) is 2.83. The molecule has 0 bridgehead atoms. The summed E-state index contributed by atoms with van der Waals surface area (Å²) in [6, 6.07) is 11.0. The summed E-state index contributed by atoms with van der Waals surface area (Å²) in [4.78, 5) is -0.580. The van der Waals surface area contributed by atoms with Crippen molar-refractivity contribution in [3.05, 3.63) is 77.9 Å². The molecule has 3 aromatic rings. The molecule has 0 aliphatic carbocycles. The molecule has 0 spiro atoms. The van der Waals surface area contributed by atoms with Crippen molar-refractivity contribution >= 4 is 15.7 Å². The SMILES string of the molecule is O=S(=O)(c1cccc(C(F)(F)F)c1)N1C[C@H](CCCO)Oc2ccc(-c3cccc(F)c3F)cc21. The van der Waals surface area contributed by atoms with E-state index in [0.717, 1.165) is 28.6 Å². The molecule has 35 heavy (non-hydrogen) atoms. The fourth-order valence-electron chi connectivity index (χ4n) is 3.86. The Morgan fingerprint density at radius 1 is 1.03 bits per heavy atom. The van der Waals surface area contributed by atoms with Crippen LogP contribution < -0.4 is 9.04 Å². The molecule has 1 heterocycles. The number of halogens is 5. The third kappa shape index (κ3) is 4.96. The van der Waals surface area contributed by atoms with Crippen LogP contribution in [0.5, 0.6) is 5.75 Å². The number of aliphatic hydroxyl groups is 1. The number of benzene rings is 3. The summed E-state index contributed by atoms with van der Waals surface area (Å²) in [7, 11) is -4.51. The smallest absolute Gasteiger partial charge is 0.416 e. The molecular formula is C24H20F5NO4S. The van der Waals surface area contributed by atoms with E-state index in [1.54, 1.807) is 0 Å². The molecule has 0 radical (unpaired) electrons. The zero-order valence-corrected chi connectivity index (χ0v) is 18.9. The molecule has 1 N–H and O–H groups in total. The van der Waals surface area contributed by atoms with Gasteiger partial charge in [-0.15, -0.1) is 0 Å². The Morgan fingerprint density at radius 2 is 1.77 bits per heavy atom. The lowest BCUT2D eigenvalue weighted by molar-refractivity contribution is -0.137. The quantitative estimate of drug-likeness (QED) is 0.450. The lowest BCUT2D eigenvalue weighted by atomic mass is 10.0. The van der Waals surface area contributed by atoms with Crippen LogP contribution in [0.25, 0.3) is 11.1 Å². The molecule has 0 aromatic heterocycles. The Hall–Kier alpha value is -3.18. The van der Waals surface area contributed by atoms with Crippen LogP contribution in [0.1, 0.15) is 18.4 Å². The number of nitrogens with zero attached hydrogens (tertiary/aromatic N) is 1. The summed E-state index contributed by atoms with van der Waals surface area (Å²) < 4.78 is 102. The Kier molecular flexibility index (Phi) is 6.74. The standard InChI is InChI=1S/C24H20F5NO4S/c25-20-8-2-7-19(23(20)26)15-9-10-22-21(12-15)30(14-17(34-22)5-3-11-31)35(32,33)18-6-1-4-16(13-18)24(27,28)29/h1-2,4,6-10,12-13,17,31H,3,5,11,14H2/t17-/m0/s1. The van der Waals surface area contributed by atoms with Crippen LogP contribution in [-0.4, -0.2) is 32.8 Å². The molecule has 1 aliphatic rings. The minimum atomic E-state index is -4.75. The van der Waals surface area contributed by atoms with Gasteiger partial charge in [0.05, 0.1) is 22.7 Å². The number of ether oxygens (including phenoxy) is 1. The van der Waals surface area contributed by atoms with E-state index in [0.29, 0.717) is 12.5 Å². The second-order valence-electron chi connectivity index (χ2n) is 7.95. The predicted molar refractivity (Wildman–Crippen MR) is 119 cm³/mol. The van der Waals surface area contributed by atoms with Crippen molar-refractivity contribution in [2.24, 2.45) is 0 Å². The Balaban J connectivity index is 1.84. The molecule has 0 saturated carbocycles. The van der Waals surface area contributed by atoms with Gasteiger partial charge in [-0.1, -0.05) is 24.3 Å². The second kappa shape index (κ2) is 9.46. The molecule has 0 fully saturated rings. The first-order chi connectivity index (χ1) is 16.5. The Labute approximate surface area is 198 Å². The van der Waals surface area contributed by atoms with Crippen LogP contribution in [0, 0.1) is 11.6 Å². The highest BCUT2D eigenvalue weighted by Gasteiger charge is 2.37. The monoisotopic (exact) mass is 513 g/mol. The van der Waals surface area contributed by atoms with Gasteiger partial charge in [-0.05, 0) is 54.8 Å². The van der Waals surface area contributed by atoms with Crippen LogP contribution in [0.3, 0.4) is 0 Å². The minimum absolute atomic E-state index is 0.0242. The molecule has 0 saturated heterocycles. The van der Waals surface area contributed by atoms with Gasteiger partial charge >= 0.3 is 6.18 Å². The normalized spacial score (nSPS) is 16.1. The lowest BCUT2D eigenvalue weighted by Crippen LogP contribution is -2.43. The van der Waals surface area contributed by atoms with Crippen LogP contribution in [-0.2, 0) is 16.2 Å². The number of sulfonamides is 1. The third-order valence-electron chi connectivity index (χ3n) is 5.59. The summed E-state index contributed by atoms with van der Waals surface area (Å²) in [6.07, 6.45) is -4.85. The minimum Gasteiger partial charge on any atom is -0.486 e. The van der Waals surface area contributed by atoms with Crippen molar-refractivity contribution in [3.8, 4) is 16.9 Å². The van der Waals surface area contributed by atoms with E-state index < -0.39 is 44.4 Å². The van der Waals surface area contributed by atoms with Gasteiger partial charge in [0, 0.05) is 12.2 Å². The zero-order chi connectivity index (χ0) is 25.4. The summed E-state index contributed by atoms with van der Waals surface area (Å²) in [5.74, 6) is -2.11. The lowest BCUT2D eigenvalue weighted by Gasteiger charge is -2.36. The Morgan fingerprint density at radius 3 is 2.49 bits per heavy atom. The van der Waals surface area contributed by atoms with E-state index in [4.69, 9.17) is 9.84 Å². The van der Waals surface area contributed by atoms with E-state index in [2.05, 4.69) is 0 Å². The summed E-state index contributed by atoms with van der Waals surface area (Å²) >= 11 is 0. The largest absolute Gasteiger partial charge is 0.486 e. The molecule has 0 unspecified atom stereocenters. The van der Waals surface area contributed by atoms with Crippen molar-refractivity contribution in [2.75, 3.05) is 17.5 Å². The van der Waals surface area contributed by atoms with Gasteiger partial charge in [0.1, 0.15) is 11.9 Å². The summed E-state index contributed by atoms with van der Waals surface area (Å²) in [5, 5.41) is 9.15. The topological polar surface area (TPSA) is 66.8 Å². The van der Waals surface area contributed by atoms with Crippen molar-refractivity contribution in [3.63, 3.8) is 0 Å². The number of hydrogen-bond acceptors (Lipinski definition) is 4. The average molecular weight is 513 g/mol. The van der Waals surface area contributed by atoms with E-state index in [9.17, 15) is 30.4 Å².